The second-order valence-electron chi connectivity index (χ2n) is 3.51. The molecule has 0 atom stereocenters. The van der Waals surface area contributed by atoms with Crippen LogP contribution in [0.25, 0.3) is 0 Å². The topological polar surface area (TPSA) is 9.23 Å². The summed E-state index contributed by atoms with van der Waals surface area (Å²) in [6, 6.07) is 0. The fourth-order valence-corrected chi connectivity index (χ4v) is 2.15. The predicted octanol–water partition coefficient (Wildman–Crippen LogP) is 2.47. The van der Waals surface area contributed by atoms with Gasteiger partial charge in [0.1, 0.15) is 0 Å². The van der Waals surface area contributed by atoms with E-state index in [2.05, 4.69) is 25.6 Å². The summed E-state index contributed by atoms with van der Waals surface area (Å²) in [5, 5.41) is 0. The highest BCUT2D eigenvalue weighted by Gasteiger charge is 2.02. The zero-order chi connectivity index (χ0) is 8.81. The highest BCUT2D eigenvalue weighted by molar-refractivity contribution is 6.34. The molecular weight excluding hydrogens is 164 g/mol. The van der Waals surface area contributed by atoms with Gasteiger partial charge in [-0.25, -0.2) is 0 Å². The van der Waals surface area contributed by atoms with Gasteiger partial charge in [-0.3, -0.25) is 0 Å². The van der Waals surface area contributed by atoms with E-state index in [1.807, 2.05) is 0 Å². The summed E-state index contributed by atoms with van der Waals surface area (Å²) in [7, 11) is -0.411. The van der Waals surface area contributed by atoms with Crippen LogP contribution in [0, 0.1) is 0 Å². The first-order valence-corrected chi connectivity index (χ1v) is 6.13. The molecule has 0 aromatic heterocycles. The average molecular weight is 182 g/mol. The van der Waals surface area contributed by atoms with Gasteiger partial charge >= 0.3 is 0 Å². The van der Waals surface area contributed by atoms with E-state index in [0.717, 1.165) is 0 Å². The fourth-order valence-electron chi connectivity index (χ4n) is 1.26. The quantitative estimate of drug-likeness (QED) is 0.609. The fraction of sp³-hybridized carbons (Fsp3) is 0.600. The summed E-state index contributed by atoms with van der Waals surface area (Å²) in [6.07, 6.45) is 7.31. The highest BCUT2D eigenvalue weighted by atomic mass is 28.2. The van der Waals surface area contributed by atoms with E-state index in [4.69, 9.17) is 4.43 Å². The van der Waals surface area contributed by atoms with Gasteiger partial charge in [0.25, 0.3) is 0 Å². The minimum absolute atomic E-state index is 0.411. The second-order valence-corrected chi connectivity index (χ2v) is 4.54. The molecule has 0 unspecified atom stereocenters. The molecule has 0 fully saturated rings. The molecule has 2 heteroatoms. The largest absolute Gasteiger partial charge is 0.549 e. The lowest BCUT2D eigenvalue weighted by atomic mass is 10.1. The third-order valence-electron chi connectivity index (χ3n) is 2.01. The van der Waals surface area contributed by atoms with Crippen LogP contribution in [-0.4, -0.2) is 9.76 Å². The molecule has 0 radical (unpaired) electrons. The summed E-state index contributed by atoms with van der Waals surface area (Å²) < 4.78 is 5.72. The molecule has 1 nitrogen and oxygen atoms in total. The van der Waals surface area contributed by atoms with Crippen molar-refractivity contribution >= 4 is 9.76 Å². The van der Waals surface area contributed by atoms with Crippen LogP contribution in [0.5, 0.6) is 0 Å². The van der Waals surface area contributed by atoms with Crippen molar-refractivity contribution in [2.24, 2.45) is 0 Å². The SMILES string of the molecule is CC(C)=C[SiH2]OC1=CCCCC1. The summed E-state index contributed by atoms with van der Waals surface area (Å²) in [6.45, 7) is 4.26. The Morgan fingerprint density at radius 2 is 2.33 bits per heavy atom. The van der Waals surface area contributed by atoms with E-state index < -0.39 is 9.76 Å². The van der Waals surface area contributed by atoms with Gasteiger partial charge in [-0.05, 0) is 39.2 Å². The molecule has 0 aliphatic heterocycles. The van der Waals surface area contributed by atoms with E-state index in [-0.39, 0.29) is 0 Å². The van der Waals surface area contributed by atoms with Crippen LogP contribution in [0.15, 0.2) is 23.1 Å². The monoisotopic (exact) mass is 182 g/mol. The number of rotatable bonds is 3. The average Bonchev–Trinajstić information content (AvgIpc) is 2.05. The van der Waals surface area contributed by atoms with Crippen molar-refractivity contribution in [2.75, 3.05) is 0 Å². The van der Waals surface area contributed by atoms with Crippen molar-refractivity contribution in [3.63, 3.8) is 0 Å². The Morgan fingerprint density at radius 3 is 2.92 bits per heavy atom. The first-order valence-electron chi connectivity index (χ1n) is 4.74. The van der Waals surface area contributed by atoms with E-state index in [9.17, 15) is 0 Å². The Morgan fingerprint density at radius 1 is 1.50 bits per heavy atom. The van der Waals surface area contributed by atoms with Crippen molar-refractivity contribution in [2.45, 2.75) is 39.5 Å². The number of hydrogen-bond acceptors (Lipinski definition) is 1. The molecule has 1 aliphatic rings. The molecule has 0 aromatic rings. The highest BCUT2D eigenvalue weighted by Crippen LogP contribution is 2.17. The molecule has 0 saturated carbocycles. The maximum Gasteiger partial charge on any atom is 0.243 e. The van der Waals surface area contributed by atoms with E-state index in [1.165, 1.54) is 37.0 Å². The third kappa shape index (κ3) is 3.76. The molecule has 1 rings (SSSR count). The molecule has 0 N–H and O–H groups in total. The molecule has 0 amide bonds. The first kappa shape index (κ1) is 9.58. The van der Waals surface area contributed by atoms with Crippen LogP contribution in [0.4, 0.5) is 0 Å². The molecule has 0 spiro atoms. The van der Waals surface area contributed by atoms with Gasteiger partial charge < -0.3 is 4.43 Å². The summed E-state index contributed by atoms with van der Waals surface area (Å²) in [5.74, 6) is 1.26. The Hall–Kier alpha value is -0.503. The maximum atomic E-state index is 5.72. The lowest BCUT2D eigenvalue weighted by molar-refractivity contribution is 0.409. The molecule has 1 aliphatic carbocycles. The van der Waals surface area contributed by atoms with Crippen LogP contribution in [-0.2, 0) is 4.43 Å². The van der Waals surface area contributed by atoms with Gasteiger partial charge in [-0.2, -0.15) is 0 Å². The summed E-state index contributed by atoms with van der Waals surface area (Å²) in [5.41, 5.74) is 3.65. The maximum absolute atomic E-state index is 5.72. The Balaban J connectivity index is 2.22. The van der Waals surface area contributed by atoms with E-state index >= 15 is 0 Å². The second kappa shape index (κ2) is 5.20. The molecule has 12 heavy (non-hydrogen) atoms. The van der Waals surface area contributed by atoms with Gasteiger partial charge in [0, 0.05) is 6.42 Å². The Labute approximate surface area is 77.4 Å². The molecular formula is C10H18OSi. The van der Waals surface area contributed by atoms with Gasteiger partial charge in [-0.15, -0.1) is 0 Å². The molecule has 0 aromatic carbocycles. The van der Waals surface area contributed by atoms with Crippen molar-refractivity contribution < 1.29 is 4.43 Å². The van der Waals surface area contributed by atoms with Crippen LogP contribution in [0.1, 0.15) is 39.5 Å². The zero-order valence-electron chi connectivity index (χ0n) is 8.10. The van der Waals surface area contributed by atoms with Gasteiger partial charge in [0.15, 0.2) is 0 Å². The minimum Gasteiger partial charge on any atom is -0.549 e. The minimum atomic E-state index is -0.411. The van der Waals surface area contributed by atoms with Crippen molar-refractivity contribution in [3.05, 3.63) is 23.1 Å². The molecule has 68 valence electrons. The van der Waals surface area contributed by atoms with E-state index in [1.54, 1.807) is 0 Å². The van der Waals surface area contributed by atoms with Crippen molar-refractivity contribution in [1.29, 1.82) is 0 Å². The summed E-state index contributed by atoms with van der Waals surface area (Å²) >= 11 is 0. The van der Waals surface area contributed by atoms with Crippen molar-refractivity contribution in [1.82, 2.24) is 0 Å². The van der Waals surface area contributed by atoms with Gasteiger partial charge in [0.2, 0.25) is 9.76 Å². The Bertz CT molecular complexity index is 190. The van der Waals surface area contributed by atoms with Gasteiger partial charge in [0.05, 0.1) is 5.76 Å². The molecule has 0 saturated heterocycles. The van der Waals surface area contributed by atoms with E-state index in [0.29, 0.717) is 0 Å². The summed E-state index contributed by atoms with van der Waals surface area (Å²) in [4.78, 5) is 0. The van der Waals surface area contributed by atoms with Crippen LogP contribution in [0.2, 0.25) is 0 Å². The predicted molar refractivity (Wildman–Crippen MR) is 55.6 cm³/mol. The smallest absolute Gasteiger partial charge is 0.243 e. The standard InChI is InChI=1S/C10H18OSi/c1-9(2)8-12-11-10-6-4-3-5-7-10/h6,8H,3-5,7,12H2,1-2H3. The lowest BCUT2D eigenvalue weighted by Gasteiger charge is -2.13. The van der Waals surface area contributed by atoms with Crippen LogP contribution >= 0.6 is 0 Å². The molecule has 0 heterocycles. The number of hydrogen-bond donors (Lipinski definition) is 0. The molecule has 0 bridgehead atoms. The first-order chi connectivity index (χ1) is 5.79. The zero-order valence-corrected chi connectivity index (χ0v) is 9.51. The van der Waals surface area contributed by atoms with Gasteiger partial charge in [-0.1, -0.05) is 11.3 Å². The third-order valence-corrected chi connectivity index (χ3v) is 3.53. The van der Waals surface area contributed by atoms with Crippen molar-refractivity contribution in [3.8, 4) is 0 Å². The van der Waals surface area contributed by atoms with Crippen LogP contribution in [0.3, 0.4) is 0 Å². The van der Waals surface area contributed by atoms with Crippen LogP contribution < -0.4 is 0 Å². The lowest BCUT2D eigenvalue weighted by Crippen LogP contribution is -2.00. The number of allylic oxidation sites excluding steroid dienone is 3. The normalized spacial score (nSPS) is 17.7. The Kier molecular flexibility index (Phi) is 4.15.